The average molecular weight is 214 g/mol. The summed E-state index contributed by atoms with van der Waals surface area (Å²) in [5.41, 5.74) is 0. The minimum absolute atomic E-state index is 0.0383. The normalized spacial score (nSPS) is 11.8. The predicted molar refractivity (Wildman–Crippen MR) is 51.5 cm³/mol. The Morgan fingerprint density at radius 2 is 1.87 bits per heavy atom. The van der Waals surface area contributed by atoms with Gasteiger partial charge in [0, 0.05) is 12.2 Å². The molecular weight excluding hydrogens is 203 g/mol. The molecule has 0 aliphatic heterocycles. The van der Waals surface area contributed by atoms with Crippen molar-refractivity contribution in [3.8, 4) is 0 Å². The highest BCUT2D eigenvalue weighted by Crippen LogP contribution is 1.96. The second-order valence-electron chi connectivity index (χ2n) is 2.28. The van der Waals surface area contributed by atoms with Crippen LogP contribution in [0.1, 0.15) is 0 Å². The topological polar surface area (TPSA) is 52.6 Å². The molecule has 0 aromatic rings. The third-order valence-electron chi connectivity index (χ3n) is 1.11. The average Bonchev–Trinajstić information content (AvgIpc) is 2.23. The Bertz CT molecular complexity index is 283. The Kier molecular flexibility index (Phi) is 6.54. The molecule has 0 N–H and O–H groups in total. The van der Waals surface area contributed by atoms with Crippen LogP contribution in [0.3, 0.4) is 0 Å². The van der Waals surface area contributed by atoms with E-state index in [0.717, 1.165) is 18.2 Å². The SMILES string of the molecule is C=CCOC(=O)/C=C/C(=O)OC(F)C=C. The van der Waals surface area contributed by atoms with E-state index in [2.05, 4.69) is 22.6 Å². The first kappa shape index (κ1) is 13.1. The molecule has 5 heteroatoms. The summed E-state index contributed by atoms with van der Waals surface area (Å²) in [5, 5.41) is 0. The van der Waals surface area contributed by atoms with E-state index in [-0.39, 0.29) is 6.61 Å². The van der Waals surface area contributed by atoms with Gasteiger partial charge in [0.15, 0.2) is 0 Å². The van der Waals surface area contributed by atoms with Crippen molar-refractivity contribution in [3.05, 3.63) is 37.5 Å². The molecule has 0 saturated heterocycles. The predicted octanol–water partition coefficient (Wildman–Crippen LogP) is 1.30. The lowest BCUT2D eigenvalue weighted by Crippen LogP contribution is -2.09. The fourth-order valence-electron chi connectivity index (χ4n) is 0.524. The van der Waals surface area contributed by atoms with Crippen molar-refractivity contribution in [2.45, 2.75) is 6.36 Å². The molecule has 0 aliphatic rings. The van der Waals surface area contributed by atoms with E-state index in [9.17, 15) is 14.0 Å². The first-order valence-electron chi connectivity index (χ1n) is 4.03. The Morgan fingerprint density at radius 1 is 1.27 bits per heavy atom. The summed E-state index contributed by atoms with van der Waals surface area (Å²) in [7, 11) is 0. The van der Waals surface area contributed by atoms with E-state index < -0.39 is 18.3 Å². The number of rotatable bonds is 6. The molecule has 0 rings (SSSR count). The largest absolute Gasteiger partial charge is 0.458 e. The number of halogens is 1. The number of ether oxygens (including phenoxy) is 2. The van der Waals surface area contributed by atoms with Crippen LogP contribution in [0, 0.1) is 0 Å². The number of hydrogen-bond acceptors (Lipinski definition) is 4. The first-order valence-corrected chi connectivity index (χ1v) is 4.03. The molecule has 4 nitrogen and oxygen atoms in total. The Balaban J connectivity index is 3.94. The lowest BCUT2D eigenvalue weighted by atomic mass is 10.5. The highest BCUT2D eigenvalue weighted by Gasteiger charge is 2.05. The molecule has 0 aromatic carbocycles. The van der Waals surface area contributed by atoms with E-state index in [1.165, 1.54) is 6.08 Å². The fourth-order valence-corrected chi connectivity index (χ4v) is 0.524. The lowest BCUT2D eigenvalue weighted by molar-refractivity contribution is -0.147. The van der Waals surface area contributed by atoms with Gasteiger partial charge in [0.25, 0.3) is 6.36 Å². The van der Waals surface area contributed by atoms with Crippen LogP contribution in [0.4, 0.5) is 4.39 Å². The van der Waals surface area contributed by atoms with Gasteiger partial charge in [-0.1, -0.05) is 19.2 Å². The highest BCUT2D eigenvalue weighted by atomic mass is 19.1. The quantitative estimate of drug-likeness (QED) is 0.380. The Labute approximate surface area is 86.7 Å². The highest BCUT2D eigenvalue weighted by molar-refractivity contribution is 5.91. The molecule has 0 aromatic heterocycles. The van der Waals surface area contributed by atoms with Gasteiger partial charge in [0.1, 0.15) is 6.61 Å². The standard InChI is InChI=1S/C10H11FO4/c1-3-7-14-9(12)5-6-10(13)15-8(11)4-2/h3-6,8H,1-2,7H2/b6-5+. The third kappa shape index (κ3) is 7.18. The van der Waals surface area contributed by atoms with Crippen LogP contribution in [0.15, 0.2) is 37.5 Å². The van der Waals surface area contributed by atoms with Gasteiger partial charge in [-0.15, -0.1) is 0 Å². The van der Waals surface area contributed by atoms with E-state index >= 15 is 0 Å². The number of carbonyl (C=O) groups excluding carboxylic acids is 2. The molecule has 0 fully saturated rings. The van der Waals surface area contributed by atoms with Gasteiger partial charge in [-0.05, 0) is 6.08 Å². The van der Waals surface area contributed by atoms with Gasteiger partial charge in [-0.2, -0.15) is 4.39 Å². The third-order valence-corrected chi connectivity index (χ3v) is 1.11. The fraction of sp³-hybridized carbons (Fsp3) is 0.200. The summed E-state index contributed by atoms with van der Waals surface area (Å²) in [6, 6.07) is 0. The smallest absolute Gasteiger partial charge is 0.333 e. The molecule has 0 aliphatic carbocycles. The van der Waals surface area contributed by atoms with Crippen molar-refractivity contribution >= 4 is 11.9 Å². The van der Waals surface area contributed by atoms with Crippen molar-refractivity contribution in [1.29, 1.82) is 0 Å². The number of esters is 2. The van der Waals surface area contributed by atoms with Crippen molar-refractivity contribution in [1.82, 2.24) is 0 Å². The van der Waals surface area contributed by atoms with Crippen LogP contribution < -0.4 is 0 Å². The van der Waals surface area contributed by atoms with E-state index in [1.54, 1.807) is 0 Å². The molecule has 15 heavy (non-hydrogen) atoms. The van der Waals surface area contributed by atoms with Crippen molar-refractivity contribution in [2.24, 2.45) is 0 Å². The van der Waals surface area contributed by atoms with Gasteiger partial charge < -0.3 is 9.47 Å². The van der Waals surface area contributed by atoms with Crippen LogP contribution >= 0.6 is 0 Å². The van der Waals surface area contributed by atoms with Crippen LogP contribution in [0.25, 0.3) is 0 Å². The summed E-state index contributed by atoms with van der Waals surface area (Å²) in [6.45, 7) is 6.43. The van der Waals surface area contributed by atoms with Crippen LogP contribution in [-0.4, -0.2) is 24.9 Å². The van der Waals surface area contributed by atoms with Gasteiger partial charge in [-0.3, -0.25) is 0 Å². The molecule has 0 heterocycles. The summed E-state index contributed by atoms with van der Waals surface area (Å²) in [5.74, 6) is -1.72. The van der Waals surface area contributed by atoms with Gasteiger partial charge in [0.2, 0.25) is 0 Å². The molecule has 0 radical (unpaired) electrons. The molecule has 1 unspecified atom stereocenters. The molecule has 1 atom stereocenters. The summed E-state index contributed by atoms with van der Waals surface area (Å²) in [4.78, 5) is 21.5. The Hall–Kier alpha value is -1.91. The zero-order valence-electron chi connectivity index (χ0n) is 8.02. The van der Waals surface area contributed by atoms with Crippen LogP contribution in [0.2, 0.25) is 0 Å². The second-order valence-corrected chi connectivity index (χ2v) is 2.28. The number of carbonyl (C=O) groups is 2. The van der Waals surface area contributed by atoms with Gasteiger partial charge in [-0.25, -0.2) is 9.59 Å². The van der Waals surface area contributed by atoms with Crippen molar-refractivity contribution < 1.29 is 23.5 Å². The molecule has 0 spiro atoms. The minimum Gasteiger partial charge on any atom is -0.458 e. The van der Waals surface area contributed by atoms with Gasteiger partial charge >= 0.3 is 11.9 Å². The Morgan fingerprint density at radius 3 is 2.40 bits per heavy atom. The van der Waals surface area contributed by atoms with Crippen molar-refractivity contribution in [2.75, 3.05) is 6.61 Å². The molecule has 0 amide bonds. The van der Waals surface area contributed by atoms with E-state index in [0.29, 0.717) is 0 Å². The van der Waals surface area contributed by atoms with E-state index in [4.69, 9.17) is 0 Å². The maximum absolute atomic E-state index is 12.4. The van der Waals surface area contributed by atoms with Crippen molar-refractivity contribution in [3.63, 3.8) is 0 Å². The summed E-state index contributed by atoms with van der Waals surface area (Å²) in [6.07, 6.45) is 1.90. The molecule has 0 bridgehead atoms. The lowest BCUT2D eigenvalue weighted by Gasteiger charge is -2.01. The summed E-state index contributed by atoms with van der Waals surface area (Å²) < 4.78 is 21.0. The minimum atomic E-state index is -1.88. The monoisotopic (exact) mass is 214 g/mol. The van der Waals surface area contributed by atoms with Crippen LogP contribution in [0.5, 0.6) is 0 Å². The second kappa shape index (κ2) is 7.49. The zero-order chi connectivity index (χ0) is 11.7. The first-order chi connectivity index (χ1) is 7.10. The molecule has 82 valence electrons. The summed E-state index contributed by atoms with van der Waals surface area (Å²) >= 11 is 0. The molecule has 0 saturated carbocycles. The molecular formula is C10H11FO4. The van der Waals surface area contributed by atoms with Gasteiger partial charge in [0.05, 0.1) is 0 Å². The van der Waals surface area contributed by atoms with Crippen LogP contribution in [-0.2, 0) is 19.1 Å². The number of alkyl halides is 1. The maximum Gasteiger partial charge on any atom is 0.333 e. The maximum atomic E-state index is 12.4. The zero-order valence-corrected chi connectivity index (χ0v) is 8.02. The van der Waals surface area contributed by atoms with E-state index in [1.807, 2.05) is 0 Å². The number of hydrogen-bond donors (Lipinski definition) is 0.